The monoisotopic (exact) mass is 280 g/mol. The van der Waals surface area contributed by atoms with Crippen LogP contribution >= 0.6 is 11.6 Å². The third-order valence-corrected chi connectivity index (χ3v) is 4.04. The topological polar surface area (TPSA) is 72.2 Å². The lowest BCUT2D eigenvalue weighted by Crippen LogP contribution is -2.29. The van der Waals surface area contributed by atoms with E-state index in [0.29, 0.717) is 6.42 Å². The van der Waals surface area contributed by atoms with E-state index in [-0.39, 0.29) is 17.6 Å². The van der Waals surface area contributed by atoms with Gasteiger partial charge in [-0.1, -0.05) is 17.7 Å². The molecule has 1 atom stereocenters. The molecule has 1 aromatic carbocycles. The van der Waals surface area contributed by atoms with Gasteiger partial charge in [0.1, 0.15) is 10.7 Å². The maximum absolute atomic E-state index is 13.4. The third-order valence-electron chi connectivity index (χ3n) is 2.08. The van der Waals surface area contributed by atoms with Crippen LogP contribution in [-0.2, 0) is 10.0 Å². The van der Waals surface area contributed by atoms with Crippen molar-refractivity contribution in [2.45, 2.75) is 24.3 Å². The number of hydrogen-bond donors (Lipinski definition) is 2. The van der Waals surface area contributed by atoms with Crippen molar-refractivity contribution in [3.63, 3.8) is 0 Å². The smallest absolute Gasteiger partial charge is 0.244 e. The van der Waals surface area contributed by atoms with Gasteiger partial charge in [0.15, 0.2) is 0 Å². The highest BCUT2D eigenvalue weighted by Gasteiger charge is 2.21. The quantitative estimate of drug-likeness (QED) is 0.858. The van der Waals surface area contributed by atoms with E-state index in [1.54, 1.807) is 6.92 Å². The second kappa shape index (κ2) is 5.77. The van der Waals surface area contributed by atoms with E-state index in [2.05, 4.69) is 4.72 Å². The highest BCUT2D eigenvalue weighted by atomic mass is 35.5. The van der Waals surface area contributed by atoms with Gasteiger partial charge in [-0.3, -0.25) is 0 Å². The van der Waals surface area contributed by atoms with Crippen molar-refractivity contribution >= 4 is 21.6 Å². The first-order chi connectivity index (χ1) is 7.84. The summed E-state index contributed by atoms with van der Waals surface area (Å²) in [5.41, 5.74) is 5.49. The zero-order valence-electron chi connectivity index (χ0n) is 9.28. The molecule has 7 heteroatoms. The van der Waals surface area contributed by atoms with Crippen LogP contribution in [0.5, 0.6) is 0 Å². The van der Waals surface area contributed by atoms with E-state index < -0.39 is 20.7 Å². The zero-order chi connectivity index (χ0) is 13.1. The molecular formula is C10H14ClFN2O2S. The Hall–Kier alpha value is -0.690. The molecule has 0 fully saturated rings. The Morgan fingerprint density at radius 2 is 2.18 bits per heavy atom. The summed E-state index contributed by atoms with van der Waals surface area (Å²) in [6.45, 7) is 1.90. The minimum atomic E-state index is -3.93. The van der Waals surface area contributed by atoms with Gasteiger partial charge in [-0.25, -0.2) is 17.5 Å². The van der Waals surface area contributed by atoms with Crippen molar-refractivity contribution in [1.82, 2.24) is 4.72 Å². The van der Waals surface area contributed by atoms with Gasteiger partial charge in [0, 0.05) is 12.6 Å². The van der Waals surface area contributed by atoms with Gasteiger partial charge in [-0.15, -0.1) is 0 Å². The number of sulfonamides is 1. The number of benzene rings is 1. The van der Waals surface area contributed by atoms with Gasteiger partial charge in [-0.05, 0) is 25.5 Å². The molecule has 0 bridgehead atoms. The fraction of sp³-hybridized carbons (Fsp3) is 0.400. The van der Waals surface area contributed by atoms with Crippen LogP contribution in [0, 0.1) is 5.82 Å². The average molecular weight is 281 g/mol. The molecule has 0 amide bonds. The second-order valence-electron chi connectivity index (χ2n) is 3.71. The first-order valence-electron chi connectivity index (χ1n) is 5.04. The number of halogens is 2. The summed E-state index contributed by atoms with van der Waals surface area (Å²) in [7, 11) is -3.93. The van der Waals surface area contributed by atoms with Crippen molar-refractivity contribution in [1.29, 1.82) is 0 Å². The molecule has 3 N–H and O–H groups in total. The standard InChI is InChI=1S/C10H14ClFN2O2S/c1-7(13)5-6-14-17(15,16)10-8(11)3-2-4-9(10)12/h2-4,7,14H,5-6,13H2,1H3. The van der Waals surface area contributed by atoms with E-state index in [9.17, 15) is 12.8 Å². The predicted molar refractivity (Wildman–Crippen MR) is 64.9 cm³/mol. The summed E-state index contributed by atoms with van der Waals surface area (Å²) in [6.07, 6.45) is 0.464. The Balaban J connectivity index is 2.90. The molecular weight excluding hydrogens is 267 g/mol. The summed E-state index contributed by atoms with van der Waals surface area (Å²) in [4.78, 5) is -0.522. The van der Waals surface area contributed by atoms with Crippen LogP contribution in [0.4, 0.5) is 4.39 Å². The first kappa shape index (κ1) is 14.4. The molecule has 1 aromatic rings. The molecule has 0 aromatic heterocycles. The molecule has 0 spiro atoms. The number of hydrogen-bond acceptors (Lipinski definition) is 3. The SMILES string of the molecule is CC(N)CCNS(=O)(=O)c1c(F)cccc1Cl. The number of nitrogens with two attached hydrogens (primary N) is 1. The molecule has 0 aliphatic carbocycles. The van der Waals surface area contributed by atoms with Crippen LogP contribution in [0.1, 0.15) is 13.3 Å². The van der Waals surface area contributed by atoms with Crippen molar-refractivity contribution in [3.8, 4) is 0 Å². The van der Waals surface area contributed by atoms with Gasteiger partial charge in [0.2, 0.25) is 10.0 Å². The maximum Gasteiger partial charge on any atom is 0.244 e. The highest BCUT2D eigenvalue weighted by Crippen LogP contribution is 2.23. The minimum absolute atomic E-state index is 0.131. The van der Waals surface area contributed by atoms with Crippen molar-refractivity contribution in [2.24, 2.45) is 5.73 Å². The Morgan fingerprint density at radius 1 is 1.53 bits per heavy atom. The van der Waals surface area contributed by atoms with Gasteiger partial charge in [-0.2, -0.15) is 0 Å². The highest BCUT2D eigenvalue weighted by molar-refractivity contribution is 7.89. The summed E-state index contributed by atoms with van der Waals surface area (Å²) >= 11 is 5.67. The molecule has 0 saturated heterocycles. The van der Waals surface area contributed by atoms with E-state index in [1.807, 2.05) is 0 Å². The van der Waals surface area contributed by atoms with Crippen LogP contribution in [0.25, 0.3) is 0 Å². The van der Waals surface area contributed by atoms with Gasteiger partial charge in [0.25, 0.3) is 0 Å². The van der Waals surface area contributed by atoms with Crippen LogP contribution in [0.2, 0.25) is 5.02 Å². The van der Waals surface area contributed by atoms with E-state index in [1.165, 1.54) is 12.1 Å². The maximum atomic E-state index is 13.4. The molecule has 17 heavy (non-hydrogen) atoms. The molecule has 0 radical (unpaired) electrons. The molecule has 0 heterocycles. The lowest BCUT2D eigenvalue weighted by atomic mass is 10.3. The average Bonchev–Trinajstić information content (AvgIpc) is 2.15. The third kappa shape index (κ3) is 3.92. The van der Waals surface area contributed by atoms with Gasteiger partial charge < -0.3 is 5.73 Å². The first-order valence-corrected chi connectivity index (χ1v) is 6.90. The molecule has 0 saturated carbocycles. The van der Waals surface area contributed by atoms with Crippen LogP contribution in [0.15, 0.2) is 23.1 Å². The minimum Gasteiger partial charge on any atom is -0.328 e. The Bertz CT molecular complexity index is 471. The number of rotatable bonds is 5. The van der Waals surface area contributed by atoms with E-state index >= 15 is 0 Å². The van der Waals surface area contributed by atoms with Crippen molar-refractivity contribution < 1.29 is 12.8 Å². The summed E-state index contributed by atoms with van der Waals surface area (Å²) in [6, 6.07) is 3.59. The summed E-state index contributed by atoms with van der Waals surface area (Å²) in [5, 5.41) is -0.140. The van der Waals surface area contributed by atoms with Crippen LogP contribution in [0.3, 0.4) is 0 Å². The molecule has 4 nitrogen and oxygen atoms in total. The second-order valence-corrected chi connectivity index (χ2v) is 5.83. The lowest BCUT2D eigenvalue weighted by Gasteiger charge is -2.10. The molecule has 0 aliphatic heterocycles. The van der Waals surface area contributed by atoms with Crippen molar-refractivity contribution in [2.75, 3.05) is 6.54 Å². The fourth-order valence-electron chi connectivity index (χ4n) is 1.23. The normalized spacial score (nSPS) is 13.6. The van der Waals surface area contributed by atoms with E-state index in [0.717, 1.165) is 6.07 Å². The van der Waals surface area contributed by atoms with Gasteiger partial charge >= 0.3 is 0 Å². The largest absolute Gasteiger partial charge is 0.328 e. The molecule has 0 aliphatic rings. The zero-order valence-corrected chi connectivity index (χ0v) is 10.9. The molecule has 1 unspecified atom stereocenters. The van der Waals surface area contributed by atoms with Crippen LogP contribution < -0.4 is 10.5 Å². The predicted octanol–water partition coefficient (Wildman–Crippen LogP) is 1.49. The summed E-state index contributed by atoms with van der Waals surface area (Å²) in [5.74, 6) is -0.870. The molecule has 96 valence electrons. The van der Waals surface area contributed by atoms with Crippen LogP contribution in [-0.4, -0.2) is 21.0 Å². The Kier molecular flexibility index (Phi) is 4.88. The Morgan fingerprint density at radius 3 is 2.71 bits per heavy atom. The van der Waals surface area contributed by atoms with E-state index in [4.69, 9.17) is 17.3 Å². The molecule has 1 rings (SSSR count). The van der Waals surface area contributed by atoms with Gasteiger partial charge in [0.05, 0.1) is 5.02 Å². The summed E-state index contributed by atoms with van der Waals surface area (Å²) < 4.78 is 39.2. The lowest BCUT2D eigenvalue weighted by molar-refractivity contribution is 0.551. The number of nitrogens with one attached hydrogen (secondary N) is 1. The Labute approximate surface area is 105 Å². The fourth-order valence-corrected chi connectivity index (χ4v) is 2.88. The van der Waals surface area contributed by atoms with Crippen molar-refractivity contribution in [3.05, 3.63) is 29.0 Å².